The van der Waals surface area contributed by atoms with Crippen LogP contribution >= 0.6 is 15.9 Å². The van der Waals surface area contributed by atoms with Crippen molar-refractivity contribution in [3.05, 3.63) is 28.2 Å². The van der Waals surface area contributed by atoms with Crippen molar-refractivity contribution in [2.75, 3.05) is 19.0 Å². The topological polar surface area (TPSA) is 21.3 Å². The molecule has 1 aliphatic heterocycles. The van der Waals surface area contributed by atoms with E-state index in [9.17, 15) is 0 Å². The second-order valence-electron chi connectivity index (χ2n) is 4.10. The Kier molecular flexibility index (Phi) is 2.54. The van der Waals surface area contributed by atoms with E-state index in [-0.39, 0.29) is 5.54 Å². The van der Waals surface area contributed by atoms with Gasteiger partial charge in [-0.1, -0.05) is 22.0 Å². The van der Waals surface area contributed by atoms with Gasteiger partial charge in [0.2, 0.25) is 0 Å². The summed E-state index contributed by atoms with van der Waals surface area (Å²) in [6, 6.07) is 6.36. The highest BCUT2D eigenvalue weighted by Gasteiger charge is 2.31. The van der Waals surface area contributed by atoms with Crippen molar-refractivity contribution in [3.8, 4) is 0 Å². The maximum Gasteiger partial charge on any atom is 0.0693 e. The third-order valence-corrected chi connectivity index (χ3v) is 3.05. The number of hydrogen-bond acceptors (Lipinski definition) is 2. The molecule has 2 rings (SSSR count). The highest BCUT2D eigenvalue weighted by atomic mass is 79.9. The number of ether oxygens (including phenoxy) is 1. The van der Waals surface area contributed by atoms with Gasteiger partial charge in [-0.05, 0) is 31.0 Å². The van der Waals surface area contributed by atoms with Crippen LogP contribution in [0.2, 0.25) is 0 Å². The SMILES string of the molecule is COCC1(C)Cc2ccc(Br)cc2N1. The van der Waals surface area contributed by atoms with Crippen LogP contribution in [0.4, 0.5) is 5.69 Å². The van der Waals surface area contributed by atoms with Gasteiger partial charge < -0.3 is 10.1 Å². The number of methoxy groups -OCH3 is 1. The summed E-state index contributed by atoms with van der Waals surface area (Å²) in [6.45, 7) is 2.92. The highest BCUT2D eigenvalue weighted by Crippen LogP contribution is 2.34. The van der Waals surface area contributed by atoms with E-state index in [0.29, 0.717) is 0 Å². The van der Waals surface area contributed by atoms with Crippen molar-refractivity contribution < 1.29 is 4.74 Å². The molecule has 0 bridgehead atoms. The van der Waals surface area contributed by atoms with Crippen LogP contribution < -0.4 is 5.32 Å². The molecule has 3 heteroatoms. The van der Waals surface area contributed by atoms with Gasteiger partial charge in [0, 0.05) is 17.3 Å². The zero-order valence-corrected chi connectivity index (χ0v) is 10.0. The Morgan fingerprint density at radius 3 is 3.07 bits per heavy atom. The summed E-state index contributed by atoms with van der Waals surface area (Å²) in [4.78, 5) is 0. The standard InChI is InChI=1S/C11H14BrNO/c1-11(7-14-2)6-8-3-4-9(12)5-10(8)13-11/h3-5,13H,6-7H2,1-2H3. The van der Waals surface area contributed by atoms with Crippen LogP contribution in [-0.4, -0.2) is 19.3 Å². The summed E-state index contributed by atoms with van der Waals surface area (Å²) in [5.41, 5.74) is 2.64. The van der Waals surface area contributed by atoms with Crippen LogP contribution in [-0.2, 0) is 11.2 Å². The Balaban J connectivity index is 2.25. The van der Waals surface area contributed by atoms with Gasteiger partial charge in [-0.25, -0.2) is 0 Å². The van der Waals surface area contributed by atoms with E-state index in [1.165, 1.54) is 11.3 Å². The largest absolute Gasteiger partial charge is 0.382 e. The normalized spacial score (nSPS) is 24.5. The van der Waals surface area contributed by atoms with E-state index < -0.39 is 0 Å². The van der Waals surface area contributed by atoms with Crippen molar-refractivity contribution in [2.45, 2.75) is 18.9 Å². The maximum atomic E-state index is 5.22. The molecule has 76 valence electrons. The third-order valence-electron chi connectivity index (χ3n) is 2.55. The van der Waals surface area contributed by atoms with Crippen molar-refractivity contribution in [3.63, 3.8) is 0 Å². The number of fused-ring (bicyclic) bond motifs is 1. The Labute approximate surface area is 92.8 Å². The van der Waals surface area contributed by atoms with Crippen LogP contribution in [0.5, 0.6) is 0 Å². The lowest BCUT2D eigenvalue weighted by atomic mass is 9.99. The van der Waals surface area contributed by atoms with Crippen molar-refractivity contribution in [2.24, 2.45) is 0 Å². The monoisotopic (exact) mass is 255 g/mol. The first kappa shape index (κ1) is 9.99. The minimum Gasteiger partial charge on any atom is -0.382 e. The molecule has 2 nitrogen and oxygen atoms in total. The Morgan fingerprint density at radius 2 is 2.36 bits per heavy atom. The van der Waals surface area contributed by atoms with Gasteiger partial charge >= 0.3 is 0 Å². The second-order valence-corrected chi connectivity index (χ2v) is 5.01. The molecule has 0 fully saturated rings. The highest BCUT2D eigenvalue weighted by molar-refractivity contribution is 9.10. The molecule has 0 aliphatic carbocycles. The minimum atomic E-state index is 0.0534. The predicted octanol–water partition coefficient (Wildman–Crippen LogP) is 2.82. The number of nitrogens with one attached hydrogen (secondary N) is 1. The molecular formula is C11H14BrNO. The van der Waals surface area contributed by atoms with Gasteiger partial charge in [0.15, 0.2) is 0 Å². The van der Waals surface area contributed by atoms with E-state index in [2.05, 4.69) is 46.4 Å². The lowest BCUT2D eigenvalue weighted by molar-refractivity contribution is 0.153. The van der Waals surface area contributed by atoms with Crippen molar-refractivity contribution >= 4 is 21.6 Å². The first-order chi connectivity index (χ1) is 6.63. The summed E-state index contributed by atoms with van der Waals surface area (Å²) in [5.74, 6) is 0. The van der Waals surface area contributed by atoms with Crippen LogP contribution in [0.1, 0.15) is 12.5 Å². The minimum absolute atomic E-state index is 0.0534. The fourth-order valence-electron chi connectivity index (χ4n) is 2.01. The van der Waals surface area contributed by atoms with Gasteiger partial charge in [-0.2, -0.15) is 0 Å². The number of rotatable bonds is 2. The van der Waals surface area contributed by atoms with E-state index in [4.69, 9.17) is 4.74 Å². The zero-order valence-electron chi connectivity index (χ0n) is 8.43. The molecule has 0 aromatic heterocycles. The number of anilines is 1. The smallest absolute Gasteiger partial charge is 0.0693 e. The molecule has 0 spiro atoms. The number of benzene rings is 1. The average Bonchev–Trinajstić information content (AvgIpc) is 2.40. The molecule has 0 amide bonds. The molecule has 1 N–H and O–H groups in total. The van der Waals surface area contributed by atoms with Gasteiger partial charge in [0.05, 0.1) is 12.1 Å². The first-order valence-electron chi connectivity index (χ1n) is 4.68. The summed E-state index contributed by atoms with van der Waals surface area (Å²) < 4.78 is 6.33. The maximum absolute atomic E-state index is 5.22. The third kappa shape index (κ3) is 1.79. The fraction of sp³-hybridized carbons (Fsp3) is 0.455. The quantitative estimate of drug-likeness (QED) is 0.878. The van der Waals surface area contributed by atoms with Crippen LogP contribution in [0.3, 0.4) is 0 Å². The Hall–Kier alpha value is -0.540. The molecule has 14 heavy (non-hydrogen) atoms. The Bertz CT molecular complexity index is 353. The van der Waals surface area contributed by atoms with E-state index in [1.807, 2.05) is 0 Å². The predicted molar refractivity (Wildman–Crippen MR) is 61.7 cm³/mol. The first-order valence-corrected chi connectivity index (χ1v) is 5.48. The van der Waals surface area contributed by atoms with E-state index in [0.717, 1.165) is 17.5 Å². The van der Waals surface area contributed by atoms with Crippen molar-refractivity contribution in [1.82, 2.24) is 0 Å². The summed E-state index contributed by atoms with van der Waals surface area (Å²) in [5, 5.41) is 3.50. The average molecular weight is 256 g/mol. The molecule has 1 aliphatic rings. The molecule has 1 aromatic rings. The molecule has 1 aromatic carbocycles. The Morgan fingerprint density at radius 1 is 1.57 bits per heavy atom. The fourth-order valence-corrected chi connectivity index (χ4v) is 2.38. The van der Waals surface area contributed by atoms with Gasteiger partial charge in [0.25, 0.3) is 0 Å². The lowest BCUT2D eigenvalue weighted by Gasteiger charge is -2.23. The van der Waals surface area contributed by atoms with Gasteiger partial charge in [-0.3, -0.25) is 0 Å². The number of hydrogen-bond donors (Lipinski definition) is 1. The summed E-state index contributed by atoms with van der Waals surface area (Å²) in [7, 11) is 1.74. The van der Waals surface area contributed by atoms with E-state index >= 15 is 0 Å². The summed E-state index contributed by atoms with van der Waals surface area (Å²) >= 11 is 3.47. The number of halogens is 1. The zero-order chi connectivity index (χ0) is 10.2. The van der Waals surface area contributed by atoms with Crippen LogP contribution in [0.25, 0.3) is 0 Å². The summed E-state index contributed by atoms with van der Waals surface area (Å²) in [6.07, 6.45) is 1.03. The van der Waals surface area contributed by atoms with Gasteiger partial charge in [-0.15, -0.1) is 0 Å². The molecule has 1 atom stereocenters. The molecule has 1 heterocycles. The van der Waals surface area contributed by atoms with Crippen molar-refractivity contribution in [1.29, 1.82) is 0 Å². The molecular weight excluding hydrogens is 242 g/mol. The molecule has 0 saturated carbocycles. The van der Waals surface area contributed by atoms with Gasteiger partial charge in [0.1, 0.15) is 0 Å². The second kappa shape index (κ2) is 3.55. The van der Waals surface area contributed by atoms with Crippen LogP contribution in [0.15, 0.2) is 22.7 Å². The van der Waals surface area contributed by atoms with E-state index in [1.54, 1.807) is 7.11 Å². The lowest BCUT2D eigenvalue weighted by Crippen LogP contribution is -2.37. The molecule has 0 saturated heterocycles. The molecule has 1 unspecified atom stereocenters. The van der Waals surface area contributed by atoms with Crippen LogP contribution in [0, 0.1) is 0 Å². The molecule has 0 radical (unpaired) electrons.